The van der Waals surface area contributed by atoms with E-state index in [1.54, 1.807) is 35.9 Å². The number of carbonyl (C=O) groups excluding carboxylic acids is 2. The summed E-state index contributed by atoms with van der Waals surface area (Å²) in [7, 11) is 1.57. The molecule has 0 radical (unpaired) electrons. The predicted octanol–water partition coefficient (Wildman–Crippen LogP) is 3.41. The lowest BCUT2D eigenvalue weighted by atomic mass is 10.1. The van der Waals surface area contributed by atoms with Gasteiger partial charge in [0, 0.05) is 12.1 Å². The monoisotopic (exact) mass is 370 g/mol. The van der Waals surface area contributed by atoms with Gasteiger partial charge in [-0.25, -0.2) is 0 Å². The first-order valence-corrected chi connectivity index (χ1v) is 9.86. The van der Waals surface area contributed by atoms with E-state index in [0.717, 1.165) is 11.3 Å². The van der Waals surface area contributed by atoms with Crippen LogP contribution in [-0.4, -0.2) is 41.9 Å². The van der Waals surface area contributed by atoms with Crippen molar-refractivity contribution < 1.29 is 14.3 Å². The van der Waals surface area contributed by atoms with Gasteiger partial charge in [-0.05, 0) is 42.2 Å². The topological polar surface area (TPSA) is 58.6 Å². The lowest BCUT2D eigenvalue weighted by Crippen LogP contribution is -2.44. The molecule has 0 bridgehead atoms. The van der Waals surface area contributed by atoms with Crippen molar-refractivity contribution in [3.05, 3.63) is 59.7 Å². The van der Waals surface area contributed by atoms with E-state index in [1.165, 1.54) is 0 Å². The number of anilines is 1. The van der Waals surface area contributed by atoms with Gasteiger partial charge in [0.1, 0.15) is 11.8 Å². The number of thioether (sulfide) groups is 1. The van der Waals surface area contributed by atoms with Crippen molar-refractivity contribution in [3.8, 4) is 5.75 Å². The number of hydrogen-bond acceptors (Lipinski definition) is 4. The summed E-state index contributed by atoms with van der Waals surface area (Å²) in [6.45, 7) is 0.466. The molecule has 2 aromatic rings. The molecule has 1 atom stereocenters. The van der Waals surface area contributed by atoms with Crippen LogP contribution in [0.25, 0.3) is 0 Å². The Morgan fingerprint density at radius 2 is 1.96 bits per heavy atom. The smallest absolute Gasteiger partial charge is 0.255 e. The standard InChI is InChI=1S/C20H22N2O3S/c1-25-18-10-6-5-9-16(18)21-19(23)17(11-12-26-2)22-13-14-7-3-4-8-15(14)20(22)24/h3-10,17H,11-13H2,1-2H3,(H,21,23)/t17-/m1/s1. The molecule has 0 aliphatic carbocycles. The van der Waals surface area contributed by atoms with Crippen molar-refractivity contribution in [2.24, 2.45) is 0 Å². The van der Waals surface area contributed by atoms with Gasteiger partial charge >= 0.3 is 0 Å². The number of fused-ring (bicyclic) bond motifs is 1. The van der Waals surface area contributed by atoms with Crippen LogP contribution < -0.4 is 10.1 Å². The molecule has 0 saturated carbocycles. The van der Waals surface area contributed by atoms with Gasteiger partial charge < -0.3 is 15.0 Å². The molecule has 0 unspecified atom stereocenters. The highest BCUT2D eigenvalue weighted by Gasteiger charge is 2.36. The van der Waals surface area contributed by atoms with Crippen LogP contribution in [0, 0.1) is 0 Å². The Morgan fingerprint density at radius 3 is 2.69 bits per heavy atom. The zero-order valence-corrected chi connectivity index (χ0v) is 15.7. The summed E-state index contributed by atoms with van der Waals surface area (Å²) in [5, 5.41) is 2.93. The lowest BCUT2D eigenvalue weighted by Gasteiger charge is -2.27. The average Bonchev–Trinajstić information content (AvgIpc) is 2.99. The summed E-state index contributed by atoms with van der Waals surface area (Å²) in [6, 6.07) is 14.3. The molecule has 1 N–H and O–H groups in total. The third-order valence-electron chi connectivity index (χ3n) is 4.49. The zero-order chi connectivity index (χ0) is 18.5. The molecule has 26 heavy (non-hydrogen) atoms. The number of nitrogens with zero attached hydrogens (tertiary/aromatic N) is 1. The van der Waals surface area contributed by atoms with Crippen molar-refractivity contribution in [1.82, 2.24) is 4.90 Å². The first-order chi connectivity index (χ1) is 12.7. The molecule has 1 aliphatic heterocycles. The molecule has 6 heteroatoms. The largest absolute Gasteiger partial charge is 0.495 e. The van der Waals surface area contributed by atoms with Crippen molar-refractivity contribution in [3.63, 3.8) is 0 Å². The highest BCUT2D eigenvalue weighted by atomic mass is 32.2. The summed E-state index contributed by atoms with van der Waals surface area (Å²) in [4.78, 5) is 27.5. The highest BCUT2D eigenvalue weighted by Crippen LogP contribution is 2.28. The van der Waals surface area contributed by atoms with E-state index < -0.39 is 6.04 Å². The van der Waals surface area contributed by atoms with E-state index in [1.807, 2.05) is 42.7 Å². The maximum Gasteiger partial charge on any atom is 0.255 e. The average molecular weight is 370 g/mol. The maximum absolute atomic E-state index is 13.0. The van der Waals surface area contributed by atoms with Gasteiger partial charge in [-0.1, -0.05) is 30.3 Å². The normalized spacial score (nSPS) is 14.1. The number of nitrogens with one attached hydrogen (secondary N) is 1. The third-order valence-corrected chi connectivity index (χ3v) is 5.13. The van der Waals surface area contributed by atoms with Gasteiger partial charge in [0.25, 0.3) is 5.91 Å². The summed E-state index contributed by atoms with van der Waals surface area (Å²) >= 11 is 1.66. The second kappa shape index (κ2) is 8.27. The van der Waals surface area contributed by atoms with Crippen LogP contribution in [0.1, 0.15) is 22.3 Å². The highest BCUT2D eigenvalue weighted by molar-refractivity contribution is 7.98. The molecule has 0 saturated heterocycles. The molecular formula is C20H22N2O3S. The van der Waals surface area contributed by atoms with Crippen LogP contribution in [0.2, 0.25) is 0 Å². The first-order valence-electron chi connectivity index (χ1n) is 8.47. The van der Waals surface area contributed by atoms with Crippen LogP contribution in [-0.2, 0) is 11.3 Å². The molecule has 0 aromatic heterocycles. The molecule has 5 nitrogen and oxygen atoms in total. The van der Waals surface area contributed by atoms with Crippen LogP contribution in [0.5, 0.6) is 5.75 Å². The number of benzene rings is 2. The Kier molecular flexibility index (Phi) is 5.83. The van der Waals surface area contributed by atoms with Gasteiger partial charge in [-0.2, -0.15) is 11.8 Å². The van der Waals surface area contributed by atoms with Crippen molar-refractivity contribution >= 4 is 29.3 Å². The summed E-state index contributed by atoms with van der Waals surface area (Å²) in [5.41, 5.74) is 2.27. The van der Waals surface area contributed by atoms with Crippen LogP contribution in [0.3, 0.4) is 0 Å². The molecule has 0 spiro atoms. The number of rotatable bonds is 7. The number of amides is 2. The van der Waals surface area contributed by atoms with E-state index in [9.17, 15) is 9.59 Å². The minimum Gasteiger partial charge on any atom is -0.495 e. The summed E-state index contributed by atoms with van der Waals surface area (Å²) < 4.78 is 5.31. The number of hydrogen-bond donors (Lipinski definition) is 1. The second-order valence-corrected chi connectivity index (χ2v) is 7.06. The van der Waals surface area contributed by atoms with E-state index in [4.69, 9.17) is 4.74 Å². The molecule has 1 heterocycles. The van der Waals surface area contributed by atoms with Crippen LogP contribution >= 0.6 is 11.8 Å². The lowest BCUT2D eigenvalue weighted by molar-refractivity contribution is -0.120. The van der Waals surface area contributed by atoms with E-state index in [-0.39, 0.29) is 11.8 Å². The van der Waals surface area contributed by atoms with E-state index in [2.05, 4.69) is 5.32 Å². The molecular weight excluding hydrogens is 348 g/mol. The Hall–Kier alpha value is -2.47. The Bertz CT molecular complexity index is 809. The minimum atomic E-state index is -0.521. The SMILES string of the molecule is COc1ccccc1NC(=O)[C@@H](CCSC)N1Cc2ccccc2C1=O. The predicted molar refractivity (Wildman–Crippen MR) is 105 cm³/mol. The molecule has 2 aromatic carbocycles. The van der Waals surface area contributed by atoms with Crippen LogP contribution in [0.4, 0.5) is 5.69 Å². The summed E-state index contributed by atoms with van der Waals surface area (Å²) in [6.07, 6.45) is 2.59. The first kappa shape index (κ1) is 18.3. The van der Waals surface area contributed by atoms with Crippen molar-refractivity contribution in [2.45, 2.75) is 19.0 Å². The third kappa shape index (κ3) is 3.70. The number of carbonyl (C=O) groups is 2. The minimum absolute atomic E-state index is 0.0816. The Balaban J connectivity index is 1.82. The van der Waals surface area contributed by atoms with Crippen LogP contribution in [0.15, 0.2) is 48.5 Å². The molecule has 0 fully saturated rings. The summed E-state index contributed by atoms with van der Waals surface area (Å²) in [5.74, 6) is 1.12. The van der Waals surface area contributed by atoms with E-state index >= 15 is 0 Å². The Labute approximate surface area is 157 Å². The molecule has 3 rings (SSSR count). The molecule has 136 valence electrons. The van der Waals surface area contributed by atoms with Gasteiger partial charge in [-0.3, -0.25) is 9.59 Å². The number of para-hydroxylation sites is 2. The van der Waals surface area contributed by atoms with Gasteiger partial charge in [-0.15, -0.1) is 0 Å². The van der Waals surface area contributed by atoms with E-state index in [0.29, 0.717) is 30.0 Å². The van der Waals surface area contributed by atoms with Gasteiger partial charge in [0.05, 0.1) is 12.8 Å². The second-order valence-electron chi connectivity index (χ2n) is 6.08. The fraction of sp³-hybridized carbons (Fsp3) is 0.300. The maximum atomic E-state index is 13.0. The quantitative estimate of drug-likeness (QED) is 0.811. The Morgan fingerprint density at radius 1 is 1.23 bits per heavy atom. The fourth-order valence-electron chi connectivity index (χ4n) is 3.15. The number of ether oxygens (including phenoxy) is 1. The molecule has 1 aliphatic rings. The van der Waals surface area contributed by atoms with Crippen molar-refractivity contribution in [1.29, 1.82) is 0 Å². The molecule has 2 amide bonds. The number of methoxy groups -OCH3 is 1. The zero-order valence-electron chi connectivity index (χ0n) is 14.9. The van der Waals surface area contributed by atoms with Gasteiger partial charge in [0.2, 0.25) is 5.91 Å². The van der Waals surface area contributed by atoms with Crippen molar-refractivity contribution in [2.75, 3.05) is 24.4 Å². The fourth-order valence-corrected chi connectivity index (χ4v) is 3.61. The van der Waals surface area contributed by atoms with Gasteiger partial charge in [0.15, 0.2) is 0 Å².